The number of nitrogens with one attached hydrogen (secondary N) is 2. The molecule has 1 aromatic heterocycles. The lowest BCUT2D eigenvalue weighted by Crippen LogP contribution is -2.53. The molecule has 13 nitrogen and oxygen atoms in total. The van der Waals surface area contributed by atoms with Crippen molar-refractivity contribution in [2.45, 2.75) is 113 Å². The summed E-state index contributed by atoms with van der Waals surface area (Å²) in [6.45, 7) is 9.07. The SMILES string of the molecule is COc1cc2ncnc(Nc3ccc(F)c(Cl)c3)c2cc1CC(=O)/C=C/CN1CCC(N2CCN(CCCCCCCCCCCSc3cccc4c3CN(C3CCC(=O)NC3=O)C4=O)CC2)CC1. The van der Waals surface area contributed by atoms with E-state index >= 15 is 0 Å². The summed E-state index contributed by atoms with van der Waals surface area (Å²) in [5, 5.41) is 6.30. The van der Waals surface area contributed by atoms with Gasteiger partial charge in [0.15, 0.2) is 5.78 Å². The molecule has 0 aliphatic carbocycles. The number of aromatic nitrogens is 2. The van der Waals surface area contributed by atoms with Crippen molar-refractivity contribution in [1.29, 1.82) is 0 Å². The molecule has 4 aliphatic heterocycles. The van der Waals surface area contributed by atoms with Gasteiger partial charge in [0, 0.05) is 91.3 Å². The molecule has 3 fully saturated rings. The molecule has 0 bridgehead atoms. The molecule has 368 valence electrons. The van der Waals surface area contributed by atoms with E-state index in [-0.39, 0.29) is 41.4 Å². The number of thioether (sulfide) groups is 1. The summed E-state index contributed by atoms with van der Waals surface area (Å²) in [5.74, 6) is 0.872. The van der Waals surface area contributed by atoms with Crippen molar-refractivity contribution in [3.05, 3.63) is 94.5 Å². The van der Waals surface area contributed by atoms with Crippen LogP contribution in [0.25, 0.3) is 10.9 Å². The predicted octanol–water partition coefficient (Wildman–Crippen LogP) is 8.99. The molecule has 0 radical (unpaired) electrons. The molecule has 16 heteroatoms. The van der Waals surface area contributed by atoms with Crippen LogP contribution >= 0.6 is 23.4 Å². The minimum absolute atomic E-state index is 0.00835. The zero-order chi connectivity index (χ0) is 48.1. The van der Waals surface area contributed by atoms with Gasteiger partial charge in [-0.1, -0.05) is 68.7 Å². The summed E-state index contributed by atoms with van der Waals surface area (Å²) in [4.78, 5) is 69.7. The van der Waals surface area contributed by atoms with Gasteiger partial charge in [-0.05, 0) is 106 Å². The van der Waals surface area contributed by atoms with E-state index in [1.807, 2.05) is 36.0 Å². The largest absolute Gasteiger partial charge is 0.496 e. The number of ether oxygens (including phenoxy) is 1. The van der Waals surface area contributed by atoms with Crippen molar-refractivity contribution in [3.8, 4) is 5.75 Å². The molecule has 0 saturated carbocycles. The van der Waals surface area contributed by atoms with E-state index in [1.165, 1.54) is 76.4 Å². The Morgan fingerprint density at radius 1 is 0.899 bits per heavy atom. The van der Waals surface area contributed by atoms with E-state index < -0.39 is 11.9 Å². The van der Waals surface area contributed by atoms with Gasteiger partial charge in [0.05, 0.1) is 17.6 Å². The molecule has 69 heavy (non-hydrogen) atoms. The molecule has 2 N–H and O–H groups in total. The smallest absolute Gasteiger partial charge is 0.255 e. The number of piperazine rings is 1. The molecule has 3 amide bonds. The lowest BCUT2D eigenvalue weighted by Gasteiger charge is -2.42. The molecule has 1 unspecified atom stereocenters. The number of anilines is 2. The number of piperidine rings is 2. The number of benzene rings is 3. The minimum atomic E-state index is -0.576. The predicted molar refractivity (Wildman–Crippen MR) is 271 cm³/mol. The van der Waals surface area contributed by atoms with Crippen LogP contribution in [0.4, 0.5) is 15.9 Å². The Labute approximate surface area is 414 Å². The number of methoxy groups -OCH3 is 1. The number of unbranched alkanes of at least 4 members (excludes halogenated alkanes) is 8. The third-order valence-corrected chi connectivity index (χ3v) is 15.6. The first-order valence-electron chi connectivity index (χ1n) is 24.9. The Bertz CT molecular complexity index is 2480. The molecule has 8 rings (SSSR count). The van der Waals surface area contributed by atoms with Crippen molar-refractivity contribution in [2.75, 3.05) is 70.5 Å². The van der Waals surface area contributed by atoms with Gasteiger partial charge in [-0.3, -0.25) is 34.3 Å². The standard InChI is InChI=1S/C53H66ClFN8O5S/c1-68-48-34-46-42(51(57-36-56-46)58-38-16-17-45(55)44(54)33-38)32-37(48)31-40(64)13-12-23-60-24-20-39(21-25-60)62-28-26-61(27-29-62)22-9-7-5-3-2-4-6-8-10-30-69-49-15-11-14-41-43(49)35-63(53(41)67)47-18-19-50(65)59-52(47)66/h11-17,32-34,36,39,47H,2-10,18-31,35H2,1H3,(H,56,57,58)(H,59,65,66)/b13-12+. The molecule has 3 aromatic carbocycles. The fraction of sp³-hybridized carbons (Fsp3) is 0.509. The number of hydrogen-bond donors (Lipinski definition) is 2. The van der Waals surface area contributed by atoms with Crippen LogP contribution in [0.5, 0.6) is 5.75 Å². The molecule has 3 saturated heterocycles. The summed E-state index contributed by atoms with van der Waals surface area (Å²) in [5.41, 5.74) is 3.68. The van der Waals surface area contributed by atoms with Crippen molar-refractivity contribution < 1.29 is 28.3 Å². The second-order valence-corrected chi connectivity index (χ2v) is 20.4. The van der Waals surface area contributed by atoms with Gasteiger partial charge in [-0.25, -0.2) is 14.4 Å². The zero-order valence-electron chi connectivity index (χ0n) is 39.9. The molecular formula is C53H66ClFN8O5S. The summed E-state index contributed by atoms with van der Waals surface area (Å²) in [6.07, 6.45) is 19.7. The molecule has 4 aliphatic rings. The van der Waals surface area contributed by atoms with Gasteiger partial charge in [0.2, 0.25) is 11.8 Å². The minimum Gasteiger partial charge on any atom is -0.496 e. The van der Waals surface area contributed by atoms with E-state index in [0.717, 1.165) is 86.9 Å². The van der Waals surface area contributed by atoms with Crippen molar-refractivity contribution in [3.63, 3.8) is 0 Å². The fourth-order valence-electron chi connectivity index (χ4n) is 10.2. The Hall–Kier alpha value is -4.93. The fourth-order valence-corrected chi connectivity index (χ4v) is 11.5. The van der Waals surface area contributed by atoms with E-state index in [1.54, 1.807) is 30.2 Å². The summed E-state index contributed by atoms with van der Waals surface area (Å²) in [7, 11) is 1.58. The highest BCUT2D eigenvalue weighted by Crippen LogP contribution is 2.35. The molecule has 0 spiro atoms. The summed E-state index contributed by atoms with van der Waals surface area (Å²) >= 11 is 7.81. The number of likely N-dealkylation sites (tertiary alicyclic amines) is 1. The number of allylic oxidation sites excluding steroid dienone is 1. The van der Waals surface area contributed by atoms with Gasteiger partial charge < -0.3 is 19.9 Å². The van der Waals surface area contributed by atoms with Crippen LogP contribution in [0.1, 0.15) is 105 Å². The van der Waals surface area contributed by atoms with Crippen LogP contribution in [0.15, 0.2) is 71.9 Å². The van der Waals surface area contributed by atoms with Crippen molar-refractivity contribution in [2.24, 2.45) is 0 Å². The quantitative estimate of drug-likeness (QED) is 0.0317. The second-order valence-electron chi connectivity index (χ2n) is 18.8. The normalized spacial score (nSPS) is 18.6. The van der Waals surface area contributed by atoms with Crippen LogP contribution in [0, 0.1) is 5.82 Å². The van der Waals surface area contributed by atoms with Gasteiger partial charge in [0.25, 0.3) is 5.91 Å². The monoisotopic (exact) mass is 980 g/mol. The van der Waals surface area contributed by atoms with Crippen LogP contribution < -0.4 is 15.4 Å². The highest BCUT2D eigenvalue weighted by Gasteiger charge is 2.40. The van der Waals surface area contributed by atoms with E-state index in [4.69, 9.17) is 16.3 Å². The lowest BCUT2D eigenvalue weighted by molar-refractivity contribution is -0.137. The number of fused-ring (bicyclic) bond motifs is 2. The number of carbonyl (C=O) groups is 4. The van der Waals surface area contributed by atoms with E-state index in [9.17, 15) is 23.6 Å². The first kappa shape index (κ1) is 50.5. The third-order valence-electron chi connectivity index (χ3n) is 14.1. The summed E-state index contributed by atoms with van der Waals surface area (Å²) < 4.78 is 19.4. The van der Waals surface area contributed by atoms with E-state index in [0.29, 0.717) is 52.7 Å². The third kappa shape index (κ3) is 13.5. The van der Waals surface area contributed by atoms with Gasteiger partial charge in [-0.15, -0.1) is 11.8 Å². The Balaban J connectivity index is 0.645. The van der Waals surface area contributed by atoms with Crippen LogP contribution in [0.3, 0.4) is 0 Å². The number of nitrogens with zero attached hydrogens (tertiary/aromatic N) is 6. The number of ketones is 1. The Morgan fingerprint density at radius 2 is 1.65 bits per heavy atom. The van der Waals surface area contributed by atoms with Crippen LogP contribution in [-0.2, 0) is 27.3 Å². The maximum Gasteiger partial charge on any atom is 0.255 e. The lowest BCUT2D eigenvalue weighted by atomic mass is 10.0. The van der Waals surface area contributed by atoms with Crippen molar-refractivity contribution >= 4 is 69.3 Å². The maximum atomic E-state index is 13.7. The van der Waals surface area contributed by atoms with E-state index in [2.05, 4.69) is 41.4 Å². The zero-order valence-corrected chi connectivity index (χ0v) is 41.4. The summed E-state index contributed by atoms with van der Waals surface area (Å²) in [6, 6.07) is 14.0. The topological polar surface area (TPSA) is 140 Å². The molecule has 4 aromatic rings. The molecule has 5 heterocycles. The number of rotatable bonds is 23. The number of hydrogen-bond acceptors (Lipinski definition) is 12. The molecular weight excluding hydrogens is 915 g/mol. The first-order valence-corrected chi connectivity index (χ1v) is 26.3. The Kier molecular flexibility index (Phi) is 18.1. The highest BCUT2D eigenvalue weighted by molar-refractivity contribution is 7.99. The highest BCUT2D eigenvalue weighted by atomic mass is 35.5. The second kappa shape index (κ2) is 24.8. The number of amides is 3. The number of halogens is 2. The average molecular weight is 982 g/mol. The first-order chi connectivity index (χ1) is 33.6. The van der Waals surface area contributed by atoms with Crippen LogP contribution in [-0.4, -0.2) is 130 Å². The van der Waals surface area contributed by atoms with Gasteiger partial charge >= 0.3 is 0 Å². The number of imide groups is 1. The maximum absolute atomic E-state index is 13.7. The Morgan fingerprint density at radius 3 is 2.39 bits per heavy atom. The van der Waals surface area contributed by atoms with Crippen LogP contribution in [0.2, 0.25) is 5.02 Å². The van der Waals surface area contributed by atoms with Gasteiger partial charge in [-0.2, -0.15) is 0 Å². The average Bonchev–Trinajstić information content (AvgIpc) is 3.69. The molecule has 1 atom stereocenters. The van der Waals surface area contributed by atoms with Crippen molar-refractivity contribution in [1.82, 2.24) is 34.9 Å². The van der Waals surface area contributed by atoms with Gasteiger partial charge in [0.1, 0.15) is 29.8 Å². The number of carbonyl (C=O) groups excluding carboxylic acids is 4.